The molecule has 1 unspecified atom stereocenters. The first-order valence-corrected chi connectivity index (χ1v) is 6.60. The van der Waals surface area contributed by atoms with Crippen LogP contribution in [0.15, 0.2) is 5.16 Å². The van der Waals surface area contributed by atoms with Gasteiger partial charge in [-0.1, -0.05) is 11.8 Å². The van der Waals surface area contributed by atoms with Crippen LogP contribution < -0.4 is 5.32 Å². The number of tetrazole rings is 1. The van der Waals surface area contributed by atoms with Gasteiger partial charge in [0, 0.05) is 20.0 Å². The number of hydrogen-bond acceptors (Lipinski definition) is 8. The number of thioether (sulfide) groups is 1. The van der Waals surface area contributed by atoms with Crippen molar-refractivity contribution in [2.24, 2.45) is 0 Å². The highest BCUT2D eigenvalue weighted by atomic mass is 32.2. The van der Waals surface area contributed by atoms with Gasteiger partial charge in [-0.3, -0.25) is 0 Å². The van der Waals surface area contributed by atoms with Crippen LogP contribution >= 0.6 is 11.8 Å². The minimum Gasteiger partial charge on any atom is -0.443 e. The second-order valence-corrected chi connectivity index (χ2v) is 4.75. The molecule has 0 aliphatic carbocycles. The van der Waals surface area contributed by atoms with Crippen molar-refractivity contribution in [2.75, 3.05) is 26.5 Å². The second kappa shape index (κ2) is 6.68. The molecule has 10 heteroatoms. The molecule has 106 valence electrons. The van der Waals surface area contributed by atoms with Crippen molar-refractivity contribution in [3.63, 3.8) is 0 Å². The summed E-state index contributed by atoms with van der Waals surface area (Å²) < 4.78 is 16.8. The van der Waals surface area contributed by atoms with Crippen LogP contribution in [0.5, 0.6) is 0 Å². The van der Waals surface area contributed by atoms with Gasteiger partial charge in [-0.25, -0.2) is 9.48 Å². The number of amides is 1. The maximum absolute atomic E-state index is 10.9. The molecule has 2 rings (SSSR count). The fourth-order valence-electron chi connectivity index (χ4n) is 1.49. The van der Waals surface area contributed by atoms with Crippen LogP contribution in [-0.4, -0.2) is 65.2 Å². The molecule has 0 aromatic carbocycles. The predicted octanol–water partition coefficient (Wildman–Crippen LogP) is -0.508. The van der Waals surface area contributed by atoms with Gasteiger partial charge in [-0.15, -0.1) is 5.10 Å². The van der Waals surface area contributed by atoms with E-state index in [4.69, 9.17) is 14.2 Å². The number of alkyl carbamates (subject to hydrolysis) is 1. The Labute approximate surface area is 114 Å². The van der Waals surface area contributed by atoms with Crippen LogP contribution in [0, 0.1) is 0 Å². The van der Waals surface area contributed by atoms with E-state index >= 15 is 0 Å². The number of carbonyl (C=O) groups is 1. The number of nitrogens with zero attached hydrogens (tertiary/aromatic N) is 4. The zero-order chi connectivity index (χ0) is 13.7. The average Bonchev–Trinajstić information content (AvgIpc) is 3.02. The summed E-state index contributed by atoms with van der Waals surface area (Å²) in [5.41, 5.74) is 0. The lowest BCUT2D eigenvalue weighted by Gasteiger charge is -2.13. The van der Waals surface area contributed by atoms with Gasteiger partial charge in [-0.05, 0) is 10.4 Å². The summed E-state index contributed by atoms with van der Waals surface area (Å²) in [6, 6.07) is 0. The molecule has 1 amide bonds. The molecule has 1 atom stereocenters. The van der Waals surface area contributed by atoms with Gasteiger partial charge < -0.3 is 19.5 Å². The molecule has 0 spiro atoms. The molecule has 1 aliphatic rings. The Morgan fingerprint density at radius 2 is 2.37 bits per heavy atom. The van der Waals surface area contributed by atoms with Gasteiger partial charge >= 0.3 is 6.09 Å². The third-order valence-corrected chi connectivity index (χ3v) is 3.58. The van der Waals surface area contributed by atoms with Crippen LogP contribution in [0.4, 0.5) is 4.79 Å². The first kappa shape index (κ1) is 14.0. The van der Waals surface area contributed by atoms with Crippen LogP contribution in [0.25, 0.3) is 0 Å². The minimum atomic E-state index is -0.408. The molecular formula is C9H15N5O4S. The number of carbonyl (C=O) groups excluding carboxylic acids is 1. The fraction of sp³-hybridized carbons (Fsp3) is 0.778. The quantitative estimate of drug-likeness (QED) is 0.529. The van der Waals surface area contributed by atoms with Crippen LogP contribution in [-0.2, 0) is 20.8 Å². The van der Waals surface area contributed by atoms with Crippen molar-refractivity contribution in [3.05, 3.63) is 0 Å². The molecule has 19 heavy (non-hydrogen) atoms. The Bertz CT molecular complexity index is 424. The van der Waals surface area contributed by atoms with E-state index in [1.807, 2.05) is 0 Å². The van der Waals surface area contributed by atoms with Crippen molar-refractivity contribution in [1.29, 1.82) is 0 Å². The fourth-order valence-corrected chi connectivity index (χ4v) is 2.37. The molecule has 1 aromatic rings. The summed E-state index contributed by atoms with van der Waals surface area (Å²) in [6.07, 6.45) is -0.957. The minimum absolute atomic E-state index is 0.164. The third kappa shape index (κ3) is 3.78. The Hall–Kier alpha value is -1.39. The molecule has 1 saturated heterocycles. The number of cyclic esters (lactones) is 1. The standard InChI is InChI=1S/C9H15N5O4S/c1-16-7(17-2)4-14-8(11-12-13-14)19-5-6-3-10-9(15)18-6/h6-7H,3-5H2,1-2H3,(H,10,15). The number of ether oxygens (including phenoxy) is 3. The molecule has 1 aliphatic heterocycles. The second-order valence-electron chi connectivity index (χ2n) is 3.76. The zero-order valence-electron chi connectivity index (χ0n) is 10.6. The van der Waals surface area contributed by atoms with Gasteiger partial charge in [-0.2, -0.15) is 0 Å². The summed E-state index contributed by atoms with van der Waals surface area (Å²) >= 11 is 1.41. The summed E-state index contributed by atoms with van der Waals surface area (Å²) in [5, 5.41) is 14.6. The SMILES string of the molecule is COC(Cn1nnnc1SCC1CNC(=O)O1)OC. The van der Waals surface area contributed by atoms with E-state index in [-0.39, 0.29) is 12.2 Å². The monoisotopic (exact) mass is 289 g/mol. The first-order chi connectivity index (χ1) is 9.22. The number of nitrogens with one attached hydrogen (secondary N) is 1. The summed E-state index contributed by atoms with van der Waals surface area (Å²) in [6.45, 7) is 0.900. The van der Waals surface area contributed by atoms with E-state index < -0.39 is 6.29 Å². The Morgan fingerprint density at radius 3 is 3.00 bits per heavy atom. The normalized spacial score (nSPS) is 18.7. The average molecular weight is 289 g/mol. The van der Waals surface area contributed by atoms with Gasteiger partial charge in [0.15, 0.2) is 6.29 Å². The third-order valence-electron chi connectivity index (χ3n) is 2.49. The van der Waals surface area contributed by atoms with Crippen molar-refractivity contribution >= 4 is 17.9 Å². The summed E-state index contributed by atoms with van der Waals surface area (Å²) in [5.74, 6) is 0.587. The highest BCUT2D eigenvalue weighted by molar-refractivity contribution is 7.99. The van der Waals surface area contributed by atoms with Crippen molar-refractivity contribution < 1.29 is 19.0 Å². The molecule has 0 radical (unpaired) electrons. The van der Waals surface area contributed by atoms with Crippen molar-refractivity contribution in [3.8, 4) is 0 Å². The molecule has 9 nitrogen and oxygen atoms in total. The van der Waals surface area contributed by atoms with Crippen LogP contribution in [0.3, 0.4) is 0 Å². The maximum atomic E-state index is 10.9. The Balaban J connectivity index is 1.86. The number of rotatable bonds is 7. The van der Waals surface area contributed by atoms with Crippen LogP contribution in [0.2, 0.25) is 0 Å². The van der Waals surface area contributed by atoms with E-state index in [2.05, 4.69) is 20.8 Å². The van der Waals surface area contributed by atoms with Crippen molar-refractivity contribution in [1.82, 2.24) is 25.5 Å². The first-order valence-electron chi connectivity index (χ1n) is 5.62. The van der Waals surface area contributed by atoms with E-state index in [0.29, 0.717) is 24.0 Å². The lowest BCUT2D eigenvalue weighted by Crippen LogP contribution is -2.22. The van der Waals surface area contributed by atoms with E-state index in [1.54, 1.807) is 18.9 Å². The zero-order valence-corrected chi connectivity index (χ0v) is 11.4. The van der Waals surface area contributed by atoms with Gasteiger partial charge in [0.2, 0.25) is 5.16 Å². The highest BCUT2D eigenvalue weighted by Gasteiger charge is 2.23. The van der Waals surface area contributed by atoms with E-state index in [9.17, 15) is 4.79 Å². The van der Waals surface area contributed by atoms with Crippen LogP contribution in [0.1, 0.15) is 0 Å². The summed E-state index contributed by atoms with van der Waals surface area (Å²) in [4.78, 5) is 10.9. The smallest absolute Gasteiger partial charge is 0.407 e. The lowest BCUT2D eigenvalue weighted by molar-refractivity contribution is -0.113. The molecule has 1 N–H and O–H groups in total. The maximum Gasteiger partial charge on any atom is 0.407 e. The van der Waals surface area contributed by atoms with Gasteiger partial charge in [0.05, 0.1) is 13.1 Å². The lowest BCUT2D eigenvalue weighted by atomic mass is 10.4. The van der Waals surface area contributed by atoms with E-state index in [1.165, 1.54) is 11.8 Å². The van der Waals surface area contributed by atoms with Crippen molar-refractivity contribution in [2.45, 2.75) is 24.1 Å². The summed E-state index contributed by atoms with van der Waals surface area (Å²) in [7, 11) is 3.10. The predicted molar refractivity (Wildman–Crippen MR) is 64.6 cm³/mol. The highest BCUT2D eigenvalue weighted by Crippen LogP contribution is 2.18. The largest absolute Gasteiger partial charge is 0.443 e. The van der Waals surface area contributed by atoms with Gasteiger partial charge in [0.25, 0.3) is 0 Å². The van der Waals surface area contributed by atoms with E-state index in [0.717, 1.165) is 0 Å². The number of aromatic nitrogens is 4. The Kier molecular flexibility index (Phi) is 4.93. The number of hydrogen-bond donors (Lipinski definition) is 1. The molecule has 0 bridgehead atoms. The molecule has 1 aromatic heterocycles. The number of methoxy groups -OCH3 is 2. The Morgan fingerprint density at radius 1 is 1.58 bits per heavy atom. The topological polar surface area (TPSA) is 100 Å². The molecular weight excluding hydrogens is 274 g/mol. The molecule has 1 fully saturated rings. The molecule has 0 saturated carbocycles. The van der Waals surface area contributed by atoms with Gasteiger partial charge in [0.1, 0.15) is 6.10 Å². The molecule has 2 heterocycles.